The second-order valence-electron chi connectivity index (χ2n) is 7.75. The Morgan fingerprint density at radius 2 is 1.90 bits per heavy atom. The monoisotopic (exact) mass is 454 g/mol. The summed E-state index contributed by atoms with van der Waals surface area (Å²) in [5.74, 6) is 3.18. The average molecular weight is 455 g/mol. The van der Waals surface area contributed by atoms with Crippen LogP contribution in [0.5, 0.6) is 0 Å². The van der Waals surface area contributed by atoms with Gasteiger partial charge < -0.3 is 4.90 Å². The number of hydrogen-bond acceptors (Lipinski definition) is 4. The first-order valence-corrected chi connectivity index (χ1v) is 12.3. The fourth-order valence-corrected chi connectivity index (χ4v) is 4.11. The van der Waals surface area contributed by atoms with Gasteiger partial charge in [-0.25, -0.2) is 13.8 Å². The van der Waals surface area contributed by atoms with E-state index in [0.29, 0.717) is 11.8 Å². The number of anilines is 1. The Bertz CT molecular complexity index is 774. The van der Waals surface area contributed by atoms with E-state index < -0.39 is 0 Å². The molecule has 0 spiro atoms. The number of alkyl halides is 2. The molecule has 3 heterocycles. The summed E-state index contributed by atoms with van der Waals surface area (Å²) in [6.07, 6.45) is 13.9. The molecular formula is C21H34Cl2N7+. The number of aromatic nitrogens is 4. The molecule has 30 heavy (non-hydrogen) atoms. The molecule has 166 valence electrons. The summed E-state index contributed by atoms with van der Waals surface area (Å²) >= 11 is 11.8. The lowest BCUT2D eigenvalue weighted by Gasteiger charge is -2.29. The molecule has 0 fully saturated rings. The van der Waals surface area contributed by atoms with Crippen LogP contribution in [0.15, 0.2) is 28.8 Å². The highest BCUT2D eigenvalue weighted by Gasteiger charge is 2.23. The molecule has 0 amide bonds. The third-order valence-corrected chi connectivity index (χ3v) is 5.96. The van der Waals surface area contributed by atoms with Crippen molar-refractivity contribution in [2.45, 2.75) is 71.5 Å². The Morgan fingerprint density at radius 1 is 1.03 bits per heavy atom. The summed E-state index contributed by atoms with van der Waals surface area (Å²) < 4.78 is 6.29. The highest BCUT2D eigenvalue weighted by atomic mass is 35.5. The highest BCUT2D eigenvalue weighted by molar-refractivity contribution is 6.18. The van der Waals surface area contributed by atoms with Crippen molar-refractivity contribution < 1.29 is 4.57 Å². The zero-order valence-electron chi connectivity index (χ0n) is 18.0. The van der Waals surface area contributed by atoms with Crippen molar-refractivity contribution in [1.82, 2.24) is 14.3 Å². The van der Waals surface area contributed by atoms with Crippen LogP contribution >= 0.6 is 23.2 Å². The summed E-state index contributed by atoms with van der Waals surface area (Å²) in [5.41, 5.74) is 0.846. The number of aryl methyl sites for hydroxylation is 3. The maximum absolute atomic E-state index is 5.90. The molecule has 0 atom stereocenters. The van der Waals surface area contributed by atoms with Crippen LogP contribution < -0.4 is 9.47 Å². The molecule has 0 N–H and O–H groups in total. The molecule has 2 aromatic heterocycles. The number of unbranched alkanes of at least 4 members (excludes halogenated alkanes) is 3. The van der Waals surface area contributed by atoms with Gasteiger partial charge in [0.25, 0.3) is 0 Å². The Balaban J connectivity index is 1.79. The number of halogens is 2. The van der Waals surface area contributed by atoms with Gasteiger partial charge in [-0.3, -0.25) is 0 Å². The molecule has 1 aliphatic rings. The maximum Gasteiger partial charge on any atom is 0.421 e. The quantitative estimate of drug-likeness (QED) is 0.175. The van der Waals surface area contributed by atoms with Gasteiger partial charge in [0.15, 0.2) is 11.5 Å². The lowest BCUT2D eigenvalue weighted by Crippen LogP contribution is -2.33. The lowest BCUT2D eigenvalue weighted by molar-refractivity contribution is -0.683. The molecule has 3 rings (SSSR count). The average Bonchev–Trinajstić information content (AvgIpc) is 3.36. The van der Waals surface area contributed by atoms with Gasteiger partial charge in [0.05, 0.1) is 31.7 Å². The number of imidazole rings is 1. The number of rotatable bonds is 13. The minimum absolute atomic E-state index is 0.625. The van der Waals surface area contributed by atoms with Gasteiger partial charge >= 0.3 is 5.95 Å². The van der Waals surface area contributed by atoms with E-state index >= 15 is 0 Å². The van der Waals surface area contributed by atoms with Crippen LogP contribution in [0.25, 0.3) is 0 Å². The van der Waals surface area contributed by atoms with E-state index in [2.05, 4.69) is 41.0 Å². The van der Waals surface area contributed by atoms with E-state index in [4.69, 9.17) is 23.2 Å². The lowest BCUT2D eigenvalue weighted by atomic mass is 10.2. The number of hydrogen-bond donors (Lipinski definition) is 0. The molecule has 7 nitrogen and oxygen atoms in total. The second kappa shape index (κ2) is 12.3. The van der Waals surface area contributed by atoms with Gasteiger partial charge in [-0.2, -0.15) is 5.10 Å². The number of fused-ring (bicyclic) bond motifs is 1. The van der Waals surface area contributed by atoms with Crippen molar-refractivity contribution in [3.8, 4) is 0 Å². The first-order chi connectivity index (χ1) is 14.8. The first kappa shape index (κ1) is 23.1. The van der Waals surface area contributed by atoms with E-state index in [1.54, 1.807) is 0 Å². The van der Waals surface area contributed by atoms with Crippen LogP contribution in [-0.2, 0) is 19.6 Å². The van der Waals surface area contributed by atoms with Crippen LogP contribution in [0.1, 0.15) is 51.9 Å². The summed E-state index contributed by atoms with van der Waals surface area (Å²) in [4.78, 5) is 2.43. The molecule has 0 saturated carbocycles. The normalized spacial score (nSPS) is 14.0. The van der Waals surface area contributed by atoms with E-state index in [9.17, 15) is 0 Å². The predicted molar refractivity (Wildman–Crippen MR) is 123 cm³/mol. The second-order valence-corrected chi connectivity index (χ2v) is 8.50. The third-order valence-electron chi connectivity index (χ3n) is 5.42. The van der Waals surface area contributed by atoms with E-state index in [-0.39, 0.29) is 0 Å². The largest absolute Gasteiger partial charge is 0.421 e. The van der Waals surface area contributed by atoms with Crippen LogP contribution in [0.4, 0.5) is 17.5 Å². The van der Waals surface area contributed by atoms with Crippen molar-refractivity contribution in [2.75, 3.05) is 29.7 Å². The first-order valence-electron chi connectivity index (χ1n) is 11.2. The van der Waals surface area contributed by atoms with E-state index in [1.807, 2.05) is 18.6 Å². The predicted octanol–water partition coefficient (Wildman–Crippen LogP) is 5.44. The number of nitrogens with zero attached hydrogens (tertiary/aromatic N) is 7. The summed E-state index contributed by atoms with van der Waals surface area (Å²) in [7, 11) is 0. The van der Waals surface area contributed by atoms with Crippen LogP contribution in [0.2, 0.25) is 0 Å². The standard InChI is InChI=1S/C21H34Cl2N7/c1-2-3-4-5-11-27-14-8-15-30-20(27)19(18-24-30)25-26-21-28(12-6-9-22)16-17-29(21)13-7-10-23/h16-18H,2-15H2,1H3/q+1. The Hall–Kier alpha value is -1.60. The highest BCUT2D eigenvalue weighted by Crippen LogP contribution is 2.33. The minimum atomic E-state index is 0.625. The van der Waals surface area contributed by atoms with Crippen LogP contribution in [0.3, 0.4) is 0 Å². The van der Waals surface area contributed by atoms with E-state index in [0.717, 1.165) is 69.4 Å². The molecule has 1 aliphatic heterocycles. The fourth-order valence-electron chi connectivity index (χ4n) is 3.87. The van der Waals surface area contributed by atoms with Crippen LogP contribution in [0, 0.1) is 0 Å². The molecule has 0 radical (unpaired) electrons. The summed E-state index contributed by atoms with van der Waals surface area (Å²) in [6.45, 7) is 6.94. The molecule has 9 heteroatoms. The van der Waals surface area contributed by atoms with Gasteiger partial charge in [0, 0.05) is 36.5 Å². The molecule has 0 unspecified atom stereocenters. The van der Waals surface area contributed by atoms with Gasteiger partial charge in [0.2, 0.25) is 0 Å². The summed E-state index contributed by atoms with van der Waals surface area (Å²) in [6, 6.07) is 0. The van der Waals surface area contributed by atoms with Crippen LogP contribution in [-0.4, -0.2) is 39.2 Å². The SMILES string of the molecule is CCCCCCN1CCCn2ncc(N=Nc3n(CCCCl)cc[n+]3CCCCl)c21. The molecule has 2 aromatic rings. The smallest absolute Gasteiger partial charge is 0.355 e. The van der Waals surface area contributed by atoms with Crippen molar-refractivity contribution in [1.29, 1.82) is 0 Å². The number of azo groups is 1. The van der Waals surface area contributed by atoms with Crippen molar-refractivity contribution >= 4 is 40.7 Å². The van der Waals surface area contributed by atoms with E-state index in [1.165, 1.54) is 25.7 Å². The van der Waals surface area contributed by atoms with Gasteiger partial charge in [-0.05, 0) is 25.7 Å². The fraction of sp³-hybridized carbons (Fsp3) is 0.714. The molecule has 0 saturated heterocycles. The van der Waals surface area contributed by atoms with Gasteiger partial charge in [-0.1, -0.05) is 31.3 Å². The summed E-state index contributed by atoms with van der Waals surface area (Å²) in [5, 5.41) is 13.9. The molecule has 0 bridgehead atoms. The molecule has 0 aromatic carbocycles. The zero-order valence-corrected chi connectivity index (χ0v) is 19.5. The van der Waals surface area contributed by atoms with Gasteiger partial charge in [-0.15, -0.1) is 23.2 Å². The Morgan fingerprint density at radius 3 is 2.70 bits per heavy atom. The zero-order chi connectivity index (χ0) is 21.2. The van der Waals surface area contributed by atoms with Crippen molar-refractivity contribution in [3.05, 3.63) is 18.6 Å². The molecular weight excluding hydrogens is 421 g/mol. The Kier molecular flexibility index (Phi) is 9.46. The maximum atomic E-state index is 5.90. The molecule has 0 aliphatic carbocycles. The van der Waals surface area contributed by atoms with Crippen molar-refractivity contribution in [3.63, 3.8) is 0 Å². The van der Waals surface area contributed by atoms with Gasteiger partial charge in [0.1, 0.15) is 0 Å². The minimum Gasteiger partial charge on any atom is -0.355 e. The topological polar surface area (TPSA) is 54.6 Å². The third kappa shape index (κ3) is 5.97. The Labute approximate surface area is 189 Å². The van der Waals surface area contributed by atoms with Crippen molar-refractivity contribution in [2.24, 2.45) is 10.2 Å².